The highest BCUT2D eigenvalue weighted by molar-refractivity contribution is 5.78. The topological polar surface area (TPSA) is 105 Å². The zero-order valence-corrected chi connectivity index (χ0v) is 10.0. The number of carboxylic acids is 1. The standard InChI is InChI=1S/C12H17N3O3/c13-10(12(17)18)4-2-6-15-11(16)7-9-3-1-5-14-8-9/h1,3,5,8,10H,2,4,6-7,13H2,(H,15,16)(H,17,18)/t10-/m0/s1. The fourth-order valence-corrected chi connectivity index (χ4v) is 1.42. The molecule has 0 aliphatic rings. The first-order valence-corrected chi connectivity index (χ1v) is 5.73. The number of aromatic nitrogens is 1. The zero-order chi connectivity index (χ0) is 13.4. The number of nitrogens with one attached hydrogen (secondary N) is 1. The molecule has 0 saturated carbocycles. The van der Waals surface area contributed by atoms with Crippen LogP contribution in [0, 0.1) is 0 Å². The maximum atomic E-state index is 11.5. The normalized spacial score (nSPS) is 11.8. The van der Waals surface area contributed by atoms with Crippen LogP contribution in [0.5, 0.6) is 0 Å². The SMILES string of the molecule is N[C@@H](CCCNC(=O)Cc1cccnc1)C(=O)O. The summed E-state index contributed by atoms with van der Waals surface area (Å²) in [5.74, 6) is -1.12. The summed E-state index contributed by atoms with van der Waals surface area (Å²) in [6, 6.07) is 2.74. The molecule has 0 aromatic carbocycles. The summed E-state index contributed by atoms with van der Waals surface area (Å²) < 4.78 is 0. The number of amides is 1. The van der Waals surface area contributed by atoms with Gasteiger partial charge in [-0.2, -0.15) is 0 Å². The Morgan fingerprint density at radius 1 is 1.50 bits per heavy atom. The fourth-order valence-electron chi connectivity index (χ4n) is 1.42. The Morgan fingerprint density at radius 2 is 2.28 bits per heavy atom. The maximum Gasteiger partial charge on any atom is 0.320 e. The van der Waals surface area contributed by atoms with Gasteiger partial charge in [0.25, 0.3) is 0 Å². The minimum absolute atomic E-state index is 0.105. The lowest BCUT2D eigenvalue weighted by Crippen LogP contribution is -2.32. The molecule has 0 bridgehead atoms. The lowest BCUT2D eigenvalue weighted by atomic mass is 10.1. The number of rotatable bonds is 7. The monoisotopic (exact) mass is 251 g/mol. The Hall–Kier alpha value is -1.95. The molecular weight excluding hydrogens is 234 g/mol. The van der Waals surface area contributed by atoms with Gasteiger partial charge in [0.2, 0.25) is 5.91 Å². The van der Waals surface area contributed by atoms with Crippen molar-refractivity contribution in [3.05, 3.63) is 30.1 Å². The number of hydrogen-bond acceptors (Lipinski definition) is 4. The number of nitrogens with two attached hydrogens (primary N) is 1. The second-order valence-electron chi connectivity index (χ2n) is 3.97. The second kappa shape index (κ2) is 7.39. The van der Waals surface area contributed by atoms with E-state index < -0.39 is 12.0 Å². The van der Waals surface area contributed by atoms with Gasteiger partial charge >= 0.3 is 5.97 Å². The van der Waals surface area contributed by atoms with Gasteiger partial charge in [0.05, 0.1) is 6.42 Å². The largest absolute Gasteiger partial charge is 0.480 e. The third-order valence-electron chi connectivity index (χ3n) is 2.42. The molecular formula is C12H17N3O3. The van der Waals surface area contributed by atoms with Crippen molar-refractivity contribution in [1.82, 2.24) is 10.3 Å². The predicted octanol–water partition coefficient (Wildman–Crippen LogP) is -0.0676. The molecule has 1 atom stereocenters. The van der Waals surface area contributed by atoms with Crippen molar-refractivity contribution in [2.45, 2.75) is 25.3 Å². The van der Waals surface area contributed by atoms with Crippen LogP contribution in [0.2, 0.25) is 0 Å². The van der Waals surface area contributed by atoms with Crippen molar-refractivity contribution < 1.29 is 14.7 Å². The van der Waals surface area contributed by atoms with E-state index in [-0.39, 0.29) is 12.3 Å². The number of carbonyl (C=O) groups excluding carboxylic acids is 1. The first kappa shape index (κ1) is 14.1. The molecule has 1 rings (SSSR count). The molecule has 0 aliphatic heterocycles. The van der Waals surface area contributed by atoms with E-state index in [2.05, 4.69) is 10.3 Å². The molecule has 98 valence electrons. The van der Waals surface area contributed by atoms with Gasteiger partial charge in [-0.05, 0) is 24.5 Å². The van der Waals surface area contributed by atoms with E-state index in [0.29, 0.717) is 19.4 Å². The summed E-state index contributed by atoms with van der Waals surface area (Å²) in [5.41, 5.74) is 6.18. The first-order chi connectivity index (χ1) is 8.59. The van der Waals surface area contributed by atoms with E-state index in [1.165, 1.54) is 0 Å². The highest BCUT2D eigenvalue weighted by atomic mass is 16.4. The van der Waals surface area contributed by atoms with Gasteiger partial charge in [-0.3, -0.25) is 14.6 Å². The van der Waals surface area contributed by atoms with Gasteiger partial charge in [-0.1, -0.05) is 6.07 Å². The van der Waals surface area contributed by atoms with Gasteiger partial charge in [0, 0.05) is 18.9 Å². The molecule has 4 N–H and O–H groups in total. The Morgan fingerprint density at radius 3 is 2.89 bits per heavy atom. The van der Waals surface area contributed by atoms with Crippen LogP contribution in [0.4, 0.5) is 0 Å². The molecule has 0 unspecified atom stereocenters. The average molecular weight is 251 g/mol. The van der Waals surface area contributed by atoms with E-state index >= 15 is 0 Å². The number of carbonyl (C=O) groups is 2. The van der Waals surface area contributed by atoms with Crippen LogP contribution < -0.4 is 11.1 Å². The van der Waals surface area contributed by atoms with Gasteiger partial charge < -0.3 is 16.2 Å². The quantitative estimate of drug-likeness (QED) is 0.588. The van der Waals surface area contributed by atoms with Crippen molar-refractivity contribution in [2.24, 2.45) is 5.73 Å². The molecule has 1 heterocycles. The lowest BCUT2D eigenvalue weighted by molar-refractivity contribution is -0.138. The summed E-state index contributed by atoms with van der Waals surface area (Å²) in [7, 11) is 0. The fraction of sp³-hybridized carbons (Fsp3) is 0.417. The summed E-state index contributed by atoms with van der Waals surface area (Å²) in [5, 5.41) is 11.3. The van der Waals surface area contributed by atoms with E-state index in [1.54, 1.807) is 18.5 Å². The van der Waals surface area contributed by atoms with Crippen LogP contribution in [-0.2, 0) is 16.0 Å². The summed E-state index contributed by atoms with van der Waals surface area (Å²) in [6.07, 6.45) is 4.46. The molecule has 6 nitrogen and oxygen atoms in total. The van der Waals surface area contributed by atoms with Crippen LogP contribution >= 0.6 is 0 Å². The Kier molecular flexibility index (Phi) is 5.79. The van der Waals surface area contributed by atoms with Gasteiger partial charge in [-0.15, -0.1) is 0 Å². The highest BCUT2D eigenvalue weighted by Gasteiger charge is 2.10. The molecule has 0 fully saturated rings. The molecule has 0 aliphatic carbocycles. The van der Waals surface area contributed by atoms with Gasteiger partial charge in [0.15, 0.2) is 0 Å². The average Bonchev–Trinajstić information content (AvgIpc) is 2.35. The second-order valence-corrected chi connectivity index (χ2v) is 3.97. The van der Waals surface area contributed by atoms with Crippen molar-refractivity contribution >= 4 is 11.9 Å². The van der Waals surface area contributed by atoms with Gasteiger partial charge in [-0.25, -0.2) is 0 Å². The number of aliphatic carboxylic acids is 1. The molecule has 18 heavy (non-hydrogen) atoms. The third kappa shape index (κ3) is 5.40. The van der Waals surface area contributed by atoms with Gasteiger partial charge in [0.1, 0.15) is 6.04 Å². The predicted molar refractivity (Wildman–Crippen MR) is 65.8 cm³/mol. The number of nitrogens with zero attached hydrogens (tertiary/aromatic N) is 1. The zero-order valence-electron chi connectivity index (χ0n) is 10.0. The lowest BCUT2D eigenvalue weighted by Gasteiger charge is -2.07. The minimum Gasteiger partial charge on any atom is -0.480 e. The number of hydrogen-bond donors (Lipinski definition) is 3. The Balaban J connectivity index is 2.16. The third-order valence-corrected chi connectivity index (χ3v) is 2.42. The van der Waals surface area contributed by atoms with Crippen LogP contribution in [0.15, 0.2) is 24.5 Å². The summed E-state index contributed by atoms with van der Waals surface area (Å²) in [6.45, 7) is 0.431. The molecule has 1 aromatic rings. The number of carboxylic acid groups (broad SMARTS) is 1. The molecule has 1 amide bonds. The summed E-state index contributed by atoms with van der Waals surface area (Å²) in [4.78, 5) is 25.9. The molecule has 0 saturated heterocycles. The van der Waals surface area contributed by atoms with Crippen molar-refractivity contribution in [2.75, 3.05) is 6.54 Å². The molecule has 0 radical (unpaired) electrons. The van der Waals surface area contributed by atoms with Crippen LogP contribution in [-0.4, -0.2) is 34.6 Å². The van der Waals surface area contributed by atoms with Crippen molar-refractivity contribution in [3.63, 3.8) is 0 Å². The molecule has 0 spiro atoms. The Labute approximate surface area is 105 Å². The van der Waals surface area contributed by atoms with Crippen molar-refractivity contribution in [3.8, 4) is 0 Å². The Bertz CT molecular complexity index is 395. The molecule has 6 heteroatoms. The molecule has 1 aromatic heterocycles. The van der Waals surface area contributed by atoms with E-state index in [4.69, 9.17) is 10.8 Å². The van der Waals surface area contributed by atoms with Crippen LogP contribution in [0.25, 0.3) is 0 Å². The van der Waals surface area contributed by atoms with Crippen LogP contribution in [0.1, 0.15) is 18.4 Å². The van der Waals surface area contributed by atoms with Crippen molar-refractivity contribution in [1.29, 1.82) is 0 Å². The summed E-state index contributed by atoms with van der Waals surface area (Å²) >= 11 is 0. The number of pyridine rings is 1. The minimum atomic E-state index is -1.02. The highest BCUT2D eigenvalue weighted by Crippen LogP contribution is 1.97. The van der Waals surface area contributed by atoms with E-state index in [1.807, 2.05) is 6.07 Å². The smallest absolute Gasteiger partial charge is 0.320 e. The van der Waals surface area contributed by atoms with E-state index in [0.717, 1.165) is 5.56 Å². The first-order valence-electron chi connectivity index (χ1n) is 5.73. The maximum absolute atomic E-state index is 11.5. The van der Waals surface area contributed by atoms with Crippen LogP contribution in [0.3, 0.4) is 0 Å². The van der Waals surface area contributed by atoms with E-state index in [9.17, 15) is 9.59 Å².